The van der Waals surface area contributed by atoms with E-state index in [0.29, 0.717) is 49.0 Å². The van der Waals surface area contributed by atoms with Gasteiger partial charge in [-0.05, 0) is 129 Å². The molecule has 0 N–H and O–H groups in total. The first-order chi connectivity index (χ1) is 36.6. The van der Waals surface area contributed by atoms with Gasteiger partial charge < -0.3 is 4.42 Å². The Hall–Kier alpha value is -7.48. The molecular weight excluding hydrogens is 689 g/mol. The van der Waals surface area contributed by atoms with E-state index in [1.54, 1.807) is 84.9 Å². The summed E-state index contributed by atoms with van der Waals surface area (Å²) in [6.07, 6.45) is 0. The second-order valence-electron chi connectivity index (χ2n) is 13.6. The van der Waals surface area contributed by atoms with Crippen molar-refractivity contribution in [1.82, 2.24) is 0 Å². The van der Waals surface area contributed by atoms with Crippen LogP contribution in [0.1, 0.15) is 27.4 Å². The third-order valence-electron chi connectivity index (χ3n) is 10.5. The Labute approximate surface area is 357 Å². The number of rotatable bonds is 4. The third-order valence-corrected chi connectivity index (χ3v) is 10.5. The predicted molar refractivity (Wildman–Crippen MR) is 243 cm³/mol. The lowest BCUT2D eigenvalue weighted by Gasteiger charge is -2.20. The smallest absolute Gasteiger partial charge is 0.136 e. The minimum absolute atomic E-state index is 0.0157. The van der Waals surface area contributed by atoms with Crippen molar-refractivity contribution >= 4 is 75.8 Å². The molecule has 12 rings (SSSR count). The van der Waals surface area contributed by atoms with Gasteiger partial charge in [0, 0.05) is 10.8 Å². The predicted octanol–water partition coefficient (Wildman–Crippen LogP) is 16.0. The highest BCUT2D eigenvalue weighted by atomic mass is 16.3. The van der Waals surface area contributed by atoms with Crippen LogP contribution >= 0.6 is 0 Å². The van der Waals surface area contributed by atoms with Gasteiger partial charge in [-0.15, -0.1) is 0 Å². The number of fused-ring (bicyclic) bond motifs is 8. The van der Waals surface area contributed by atoms with Crippen molar-refractivity contribution in [2.75, 3.05) is 0 Å². The topological polar surface area (TPSA) is 13.1 Å². The van der Waals surface area contributed by atoms with E-state index >= 15 is 0 Å². The summed E-state index contributed by atoms with van der Waals surface area (Å²) in [6, 6.07) is 13.1. The molecule has 0 radical (unpaired) electrons. The molecule has 0 aliphatic heterocycles. The van der Waals surface area contributed by atoms with E-state index < -0.39 is 115 Å². The SMILES string of the molecule is [2H]c1c([2H])c([2H])c2c(-c3ccc4oc5cc(-c6c([2H])c([2H])c7c([2H])c([2H])c([2H])c(-c8c9ccccc9c(-c9c([2H])c([2H])c([2H])c%10c([2H])c([2H])c([2H])c([2H])c9%10)c9ccccc89)c7c6[2H])ccc5c4c3)c([2H])c([2H])c([2H])c2c1[2H]. The van der Waals surface area contributed by atoms with Crippen LogP contribution in [0, 0.1) is 0 Å². The Morgan fingerprint density at radius 2 is 0.842 bits per heavy atom. The molecule has 1 heterocycles. The van der Waals surface area contributed by atoms with Gasteiger partial charge in [-0.2, -0.15) is 0 Å². The van der Waals surface area contributed by atoms with E-state index in [4.69, 9.17) is 25.0 Å². The Balaban J connectivity index is 1.12. The van der Waals surface area contributed by atoms with Crippen LogP contribution in [0.25, 0.3) is 120 Å². The Morgan fingerprint density at radius 1 is 0.316 bits per heavy atom. The maximum Gasteiger partial charge on any atom is 0.136 e. The first-order valence-electron chi connectivity index (χ1n) is 28.0. The van der Waals surface area contributed by atoms with Crippen LogP contribution in [0.2, 0.25) is 0 Å². The molecule has 57 heavy (non-hydrogen) atoms. The summed E-state index contributed by atoms with van der Waals surface area (Å²) in [6.45, 7) is 0. The lowest BCUT2D eigenvalue weighted by Crippen LogP contribution is -1.92. The zero-order valence-corrected chi connectivity index (χ0v) is 29.5. The summed E-state index contributed by atoms with van der Waals surface area (Å²) in [5.74, 6) is 0. The average molecular weight is 743 g/mol. The van der Waals surface area contributed by atoms with Crippen molar-refractivity contribution in [2.45, 2.75) is 0 Å². The number of hydrogen-bond acceptors (Lipinski definition) is 1. The van der Waals surface area contributed by atoms with Crippen LogP contribution in [0.3, 0.4) is 0 Å². The van der Waals surface area contributed by atoms with Crippen LogP contribution in [0.5, 0.6) is 0 Å². The van der Waals surface area contributed by atoms with Gasteiger partial charge >= 0.3 is 0 Å². The summed E-state index contributed by atoms with van der Waals surface area (Å²) in [7, 11) is 0. The van der Waals surface area contributed by atoms with Gasteiger partial charge in [0.05, 0.1) is 27.4 Å². The van der Waals surface area contributed by atoms with Crippen LogP contribution in [-0.2, 0) is 0 Å². The molecule has 1 nitrogen and oxygen atoms in total. The van der Waals surface area contributed by atoms with Crippen molar-refractivity contribution in [3.63, 3.8) is 0 Å². The molecule has 264 valence electrons. The Kier molecular flexibility index (Phi) is 3.95. The molecule has 1 heteroatoms. The number of hydrogen-bond donors (Lipinski definition) is 0. The minimum Gasteiger partial charge on any atom is -0.456 e. The fourth-order valence-corrected chi connectivity index (χ4v) is 8.02. The molecule has 0 amide bonds. The molecule has 0 aliphatic rings. The lowest BCUT2D eigenvalue weighted by atomic mass is 9.83. The lowest BCUT2D eigenvalue weighted by molar-refractivity contribution is 0.669. The van der Waals surface area contributed by atoms with Gasteiger partial charge in [0.2, 0.25) is 0 Å². The first-order valence-corrected chi connectivity index (χ1v) is 18.0. The molecule has 0 saturated carbocycles. The van der Waals surface area contributed by atoms with Gasteiger partial charge in [-0.3, -0.25) is 0 Å². The van der Waals surface area contributed by atoms with E-state index in [0.717, 1.165) is 0 Å². The van der Waals surface area contributed by atoms with E-state index in [-0.39, 0.29) is 77.3 Å². The van der Waals surface area contributed by atoms with Crippen LogP contribution < -0.4 is 0 Å². The average Bonchev–Trinajstić information content (AvgIpc) is 3.92. The number of furan rings is 1. The van der Waals surface area contributed by atoms with Gasteiger partial charge in [-0.25, -0.2) is 0 Å². The zero-order valence-electron chi connectivity index (χ0n) is 49.5. The molecule has 0 unspecified atom stereocenters. The molecule has 12 aromatic rings. The maximum absolute atomic E-state index is 10.0. The molecule has 0 aliphatic carbocycles. The van der Waals surface area contributed by atoms with E-state index in [1.165, 1.54) is 0 Å². The second-order valence-corrected chi connectivity index (χ2v) is 13.6. The van der Waals surface area contributed by atoms with Crippen LogP contribution in [0.4, 0.5) is 0 Å². The van der Waals surface area contributed by atoms with Crippen LogP contribution in [0.15, 0.2) is 210 Å². The van der Waals surface area contributed by atoms with Gasteiger partial charge in [0.25, 0.3) is 0 Å². The summed E-state index contributed by atoms with van der Waals surface area (Å²) in [4.78, 5) is 0. The molecular formula is C56H34O. The molecule has 11 aromatic carbocycles. The molecule has 0 bridgehead atoms. The van der Waals surface area contributed by atoms with Crippen molar-refractivity contribution in [2.24, 2.45) is 0 Å². The van der Waals surface area contributed by atoms with E-state index in [2.05, 4.69) is 0 Å². The highest BCUT2D eigenvalue weighted by Crippen LogP contribution is 2.47. The van der Waals surface area contributed by atoms with Gasteiger partial charge in [-0.1, -0.05) is 175 Å². The molecule has 1 aromatic heterocycles. The van der Waals surface area contributed by atoms with Gasteiger partial charge in [0.1, 0.15) is 11.2 Å². The highest BCUT2D eigenvalue weighted by molar-refractivity contribution is 6.25. The Morgan fingerprint density at radius 3 is 1.49 bits per heavy atom. The van der Waals surface area contributed by atoms with Crippen molar-refractivity contribution in [1.29, 1.82) is 0 Å². The van der Waals surface area contributed by atoms with Gasteiger partial charge in [0.15, 0.2) is 0 Å². The normalized spacial score (nSPS) is 16.8. The van der Waals surface area contributed by atoms with Crippen molar-refractivity contribution < 1.29 is 31.8 Å². The molecule has 0 spiro atoms. The molecule has 0 fully saturated rings. The maximum atomic E-state index is 10.0. The summed E-state index contributed by atoms with van der Waals surface area (Å²) >= 11 is 0. The molecule has 0 atom stereocenters. The van der Waals surface area contributed by atoms with E-state index in [9.17, 15) is 6.85 Å². The summed E-state index contributed by atoms with van der Waals surface area (Å²) in [5.41, 5.74) is 1.66. The second kappa shape index (κ2) is 12.5. The van der Waals surface area contributed by atoms with Crippen molar-refractivity contribution in [3.8, 4) is 44.5 Å². The summed E-state index contributed by atoms with van der Waals surface area (Å²) in [5, 5.41) is 1.59. The Bertz CT molecular complexity index is 4680. The third kappa shape index (κ3) is 4.96. The minimum atomic E-state index is -0.607. The fourth-order valence-electron chi connectivity index (χ4n) is 8.02. The first kappa shape index (κ1) is 18.0. The quantitative estimate of drug-likeness (QED) is 0.164. The fraction of sp³-hybridized carbons (Fsp3) is 0. The zero-order chi connectivity index (χ0) is 54.9. The van der Waals surface area contributed by atoms with Crippen LogP contribution in [-0.4, -0.2) is 0 Å². The van der Waals surface area contributed by atoms with E-state index in [1.807, 2.05) is 0 Å². The standard InChI is InChI=1S/C56H34O/c1-3-17-41-35(12-1)14-9-23-43(41)40-29-31-53-52(33-40)44-30-28-39(34-54(44)57-53)38-27-26-37-16-11-25-50(51(37)32-38)56-48-21-7-5-19-46(48)55(47-20-6-8-22-49(47)56)45-24-10-15-36-13-2-4-18-42(36)45/h1-34H/i1D,2D,3D,4D,9D,10D,11D,12D,13D,14D,15D,16D,17D,18D,23D,24D,25D,26D,27D,32D. The monoisotopic (exact) mass is 742 g/mol. The number of benzene rings is 11. The highest BCUT2D eigenvalue weighted by Gasteiger charge is 2.19. The largest absolute Gasteiger partial charge is 0.456 e. The van der Waals surface area contributed by atoms with Crippen molar-refractivity contribution in [3.05, 3.63) is 206 Å². The molecule has 0 saturated heterocycles. The summed E-state index contributed by atoms with van der Waals surface area (Å²) < 4.78 is 185.